The molecule has 2 heterocycles. The van der Waals surface area contributed by atoms with E-state index < -0.39 is 21.0 Å². The predicted octanol–water partition coefficient (Wildman–Crippen LogP) is 10.1. The van der Waals surface area contributed by atoms with Crippen molar-refractivity contribution in [3.8, 4) is 0 Å². The molecule has 0 amide bonds. The van der Waals surface area contributed by atoms with Crippen molar-refractivity contribution >= 4 is 151 Å². The van der Waals surface area contributed by atoms with Crippen molar-refractivity contribution in [3.05, 3.63) is 62.4 Å². The second kappa shape index (κ2) is 9.38. The maximum Gasteiger partial charge on any atom is 0.343 e. The minimum atomic E-state index is -1.90. The Labute approximate surface area is 239 Å². The number of fused-ring (bicyclic) bond motifs is 2. The third-order valence-electron chi connectivity index (χ3n) is 3.97. The molecule has 0 saturated carbocycles. The molecule has 0 spiro atoms. The number of ether oxygens (including phenoxy) is 2. The summed E-state index contributed by atoms with van der Waals surface area (Å²) in [5.74, 6) is -1.60. The summed E-state index contributed by atoms with van der Waals surface area (Å²) in [5.41, 5.74) is -0.0964. The molecule has 32 heavy (non-hydrogen) atoms. The first kappa shape index (κ1) is 27.4. The van der Waals surface area contributed by atoms with Crippen LogP contribution >= 0.6 is 139 Å². The molecule has 0 bridgehead atoms. The topological polar surface area (TPSA) is 52.6 Å². The fourth-order valence-corrected chi connectivity index (χ4v) is 5.99. The van der Waals surface area contributed by atoms with Crippen LogP contribution in [0.1, 0.15) is 31.8 Å². The van der Waals surface area contributed by atoms with Crippen LogP contribution in [0.25, 0.3) is 0 Å². The van der Waals surface area contributed by atoms with Gasteiger partial charge in [-0.25, -0.2) is 9.59 Å². The normalized spacial score (nSPS) is 17.2. The second-order valence-electron chi connectivity index (χ2n) is 5.82. The SMILES string of the molecule is O=C1OC(Cl)(Cl)c2c(Cl)c(Cl)c(Cl)c(Cl)c21.O=C1OC(Cl)(Cl)c2c(Cl)c(Cl)c(Cl)c(Cl)c21. The minimum Gasteiger partial charge on any atom is -0.420 e. The van der Waals surface area contributed by atoms with Gasteiger partial charge in [-0.3, -0.25) is 0 Å². The zero-order valence-electron chi connectivity index (χ0n) is 14.2. The number of esters is 2. The lowest BCUT2D eigenvalue weighted by Crippen LogP contribution is -2.09. The largest absolute Gasteiger partial charge is 0.420 e. The predicted molar refractivity (Wildman–Crippen MR) is 131 cm³/mol. The fourth-order valence-electron chi connectivity index (χ4n) is 2.63. The summed E-state index contributed by atoms with van der Waals surface area (Å²) >= 11 is 69.7. The summed E-state index contributed by atoms with van der Waals surface area (Å²) in [6.45, 7) is 0. The van der Waals surface area contributed by atoms with Crippen LogP contribution in [0.15, 0.2) is 0 Å². The number of carbonyl (C=O) groups excluding carboxylic acids is 2. The van der Waals surface area contributed by atoms with Crippen molar-refractivity contribution in [1.29, 1.82) is 0 Å². The van der Waals surface area contributed by atoms with Crippen LogP contribution in [-0.4, -0.2) is 11.9 Å². The molecular formula is C16Cl12O4. The van der Waals surface area contributed by atoms with E-state index in [0.29, 0.717) is 0 Å². The lowest BCUT2D eigenvalue weighted by molar-refractivity contribution is 0.0438. The van der Waals surface area contributed by atoms with Gasteiger partial charge in [0.25, 0.3) is 9.04 Å². The third-order valence-corrected chi connectivity index (χ3v) is 8.63. The Morgan fingerprint density at radius 2 is 0.688 bits per heavy atom. The lowest BCUT2D eigenvalue weighted by atomic mass is 10.1. The molecule has 0 radical (unpaired) electrons. The molecule has 2 aromatic rings. The molecular weight excluding hydrogens is 682 g/mol. The van der Waals surface area contributed by atoms with Gasteiger partial charge < -0.3 is 9.47 Å². The molecule has 16 heteroatoms. The van der Waals surface area contributed by atoms with E-state index in [1.165, 1.54) is 0 Å². The molecule has 4 rings (SSSR count). The molecule has 2 aromatic carbocycles. The molecule has 0 atom stereocenters. The molecule has 0 aromatic heterocycles. The van der Waals surface area contributed by atoms with Crippen LogP contribution in [0.3, 0.4) is 0 Å². The number of benzene rings is 2. The molecule has 2 aliphatic rings. The van der Waals surface area contributed by atoms with Crippen molar-refractivity contribution < 1.29 is 19.1 Å². The first-order valence-corrected chi connectivity index (χ1v) is 12.0. The summed E-state index contributed by atoms with van der Waals surface area (Å²) in [4.78, 5) is 23.0. The summed E-state index contributed by atoms with van der Waals surface area (Å²) in [6.07, 6.45) is 0. The highest BCUT2D eigenvalue weighted by Gasteiger charge is 2.48. The standard InChI is InChI=1S/2C8Cl6O2/c2*9-3-1-2(4(10)6(12)5(3)11)8(13,14)16-7(1)15. The maximum atomic E-state index is 11.5. The number of alkyl halides is 4. The maximum absolute atomic E-state index is 11.5. The number of halogens is 12. The van der Waals surface area contributed by atoms with Crippen molar-refractivity contribution in [2.45, 2.75) is 9.04 Å². The highest BCUT2D eigenvalue weighted by molar-refractivity contribution is 6.57. The summed E-state index contributed by atoms with van der Waals surface area (Å²) in [5, 5.41) is -0.431. The highest BCUT2D eigenvalue weighted by Crippen LogP contribution is 2.54. The van der Waals surface area contributed by atoms with E-state index in [9.17, 15) is 9.59 Å². The van der Waals surface area contributed by atoms with Crippen molar-refractivity contribution in [2.24, 2.45) is 0 Å². The Hall–Kier alpha value is 0.860. The average molecular weight is 682 g/mol. The molecule has 0 aliphatic carbocycles. The number of hydrogen-bond acceptors (Lipinski definition) is 4. The van der Waals surface area contributed by atoms with Gasteiger partial charge in [0.05, 0.1) is 62.4 Å². The zero-order valence-corrected chi connectivity index (χ0v) is 23.2. The third kappa shape index (κ3) is 4.42. The van der Waals surface area contributed by atoms with Crippen LogP contribution in [0.2, 0.25) is 40.2 Å². The molecule has 4 nitrogen and oxygen atoms in total. The second-order valence-corrected chi connectivity index (χ2v) is 11.4. The molecule has 172 valence electrons. The minimum absolute atomic E-state index is 0.0156. The Kier molecular flexibility index (Phi) is 8.05. The van der Waals surface area contributed by atoms with Crippen molar-refractivity contribution in [3.63, 3.8) is 0 Å². The van der Waals surface area contributed by atoms with Crippen molar-refractivity contribution in [2.75, 3.05) is 0 Å². The number of hydrogen-bond donors (Lipinski definition) is 0. The number of carbonyl (C=O) groups is 2. The van der Waals surface area contributed by atoms with Crippen LogP contribution in [0, 0.1) is 0 Å². The molecule has 0 saturated heterocycles. The summed E-state index contributed by atoms with van der Waals surface area (Å²) in [6, 6.07) is 0. The van der Waals surface area contributed by atoms with Gasteiger partial charge >= 0.3 is 11.9 Å². The number of rotatable bonds is 0. The Morgan fingerprint density at radius 3 is 0.969 bits per heavy atom. The zero-order chi connectivity index (χ0) is 24.5. The van der Waals surface area contributed by atoms with Gasteiger partial charge in [-0.05, 0) is 0 Å². The lowest BCUT2D eigenvalue weighted by Gasteiger charge is -2.14. The molecule has 2 aliphatic heterocycles. The highest BCUT2D eigenvalue weighted by atomic mass is 35.5. The van der Waals surface area contributed by atoms with E-state index in [0.717, 1.165) is 0 Å². The van der Waals surface area contributed by atoms with E-state index in [4.69, 9.17) is 149 Å². The van der Waals surface area contributed by atoms with Gasteiger partial charge in [0.1, 0.15) is 0 Å². The fraction of sp³-hybridized carbons (Fsp3) is 0.125. The molecule has 0 unspecified atom stereocenters. The van der Waals surface area contributed by atoms with Crippen LogP contribution < -0.4 is 0 Å². The van der Waals surface area contributed by atoms with Gasteiger partial charge in [0, 0.05) is 0 Å². The monoisotopic (exact) mass is 676 g/mol. The summed E-state index contributed by atoms with van der Waals surface area (Å²) in [7, 11) is 0. The van der Waals surface area contributed by atoms with E-state index >= 15 is 0 Å². The number of cyclic esters (lactones) is 2. The first-order chi connectivity index (χ1) is 14.5. The molecule has 0 fully saturated rings. The van der Waals surface area contributed by atoms with E-state index in [1.54, 1.807) is 0 Å². The smallest absolute Gasteiger partial charge is 0.343 e. The van der Waals surface area contributed by atoms with Crippen LogP contribution in [0.4, 0.5) is 0 Å². The van der Waals surface area contributed by atoms with Crippen molar-refractivity contribution in [1.82, 2.24) is 0 Å². The Balaban J connectivity index is 0.000000181. The Bertz CT molecular complexity index is 1110. The van der Waals surface area contributed by atoms with Gasteiger partial charge in [0.2, 0.25) is 0 Å². The van der Waals surface area contributed by atoms with E-state index in [1.807, 2.05) is 0 Å². The van der Waals surface area contributed by atoms with Crippen LogP contribution in [0.5, 0.6) is 0 Å². The average Bonchev–Trinajstić information content (AvgIpc) is 3.08. The first-order valence-electron chi connectivity index (χ1n) is 7.49. The van der Waals surface area contributed by atoms with E-state index in [2.05, 4.69) is 0 Å². The summed E-state index contributed by atoms with van der Waals surface area (Å²) < 4.78 is 5.59. The quantitative estimate of drug-likeness (QED) is 0.120. The van der Waals surface area contributed by atoms with Gasteiger partial charge in [-0.2, -0.15) is 0 Å². The van der Waals surface area contributed by atoms with Gasteiger partial charge in [0.15, 0.2) is 0 Å². The van der Waals surface area contributed by atoms with Gasteiger partial charge in [-0.15, -0.1) is 0 Å². The van der Waals surface area contributed by atoms with Gasteiger partial charge in [-0.1, -0.05) is 139 Å². The van der Waals surface area contributed by atoms with E-state index in [-0.39, 0.29) is 62.4 Å². The molecule has 0 N–H and O–H groups in total. The Morgan fingerprint density at radius 1 is 0.438 bits per heavy atom. The van der Waals surface area contributed by atoms with Crippen LogP contribution in [-0.2, 0) is 18.5 Å².